The number of rotatable bonds is 2. The maximum absolute atomic E-state index is 12.5. The van der Waals surface area contributed by atoms with Gasteiger partial charge in [-0.05, 0) is 58.3 Å². The molecule has 0 spiro atoms. The molecule has 4 aliphatic rings. The van der Waals surface area contributed by atoms with E-state index in [4.69, 9.17) is 9.47 Å². The van der Waals surface area contributed by atoms with Crippen LogP contribution >= 0.6 is 0 Å². The minimum absolute atomic E-state index is 0.00940. The summed E-state index contributed by atoms with van der Waals surface area (Å²) in [7, 11) is 0. The number of hydrogen-bond acceptors (Lipinski definition) is 7. The highest BCUT2D eigenvalue weighted by atomic mass is 19.4. The monoisotopic (exact) mass is 528 g/mol. The van der Waals surface area contributed by atoms with Gasteiger partial charge in [0.1, 0.15) is 11.7 Å². The Bertz CT molecular complexity index is 976. The molecule has 4 fully saturated rings. The van der Waals surface area contributed by atoms with Gasteiger partial charge in [0.05, 0.1) is 23.2 Å². The molecular weight excluding hydrogens is 489 g/mol. The van der Waals surface area contributed by atoms with Gasteiger partial charge in [0, 0.05) is 30.9 Å². The van der Waals surface area contributed by atoms with Gasteiger partial charge in [-0.2, -0.15) is 13.2 Å². The Morgan fingerprint density at radius 1 is 1.08 bits per heavy atom. The Kier molecular flexibility index (Phi) is 7.20. The van der Waals surface area contributed by atoms with Crippen LogP contribution in [0.4, 0.5) is 18.0 Å². The maximum atomic E-state index is 12.5. The molecule has 6 atom stereocenters. The molecule has 0 saturated carbocycles. The SMILES string of the molecule is CC(C)(C)C12CCC(CC1Oc1ncc(C(F)(F)F)cn1)N2.CC(C)(C)OC(=O)N1C2CCC1C(O)C2. The molecule has 1 aromatic heterocycles. The summed E-state index contributed by atoms with van der Waals surface area (Å²) in [4.78, 5) is 21.0. The molecular formula is C26H39F3N4O4. The summed E-state index contributed by atoms with van der Waals surface area (Å²) in [5.41, 5.74) is -1.51. The number of hydrogen-bond donors (Lipinski definition) is 2. The van der Waals surface area contributed by atoms with Crippen molar-refractivity contribution < 1.29 is 32.5 Å². The highest BCUT2D eigenvalue weighted by Gasteiger charge is 2.59. The largest absolute Gasteiger partial charge is 0.458 e. The van der Waals surface area contributed by atoms with Gasteiger partial charge in [0.2, 0.25) is 0 Å². The van der Waals surface area contributed by atoms with Gasteiger partial charge in [0.15, 0.2) is 0 Å². The average molecular weight is 529 g/mol. The summed E-state index contributed by atoms with van der Waals surface area (Å²) in [5, 5.41) is 13.3. The normalized spacial score (nSPS) is 32.8. The van der Waals surface area contributed by atoms with Crippen molar-refractivity contribution in [3.05, 3.63) is 18.0 Å². The Morgan fingerprint density at radius 3 is 2.19 bits per heavy atom. The molecule has 8 nitrogen and oxygen atoms in total. The summed E-state index contributed by atoms with van der Waals surface area (Å²) >= 11 is 0. The van der Waals surface area contributed by atoms with Crippen molar-refractivity contribution in [3.63, 3.8) is 0 Å². The summed E-state index contributed by atoms with van der Waals surface area (Å²) in [5.74, 6) is 0. The zero-order valence-corrected chi connectivity index (χ0v) is 22.4. The van der Waals surface area contributed by atoms with E-state index in [1.807, 2.05) is 20.8 Å². The number of aliphatic hydroxyl groups is 1. The molecule has 37 heavy (non-hydrogen) atoms. The first-order valence-electron chi connectivity index (χ1n) is 13.0. The standard InChI is InChI=1S/C15H20F3N3O.C11H19NO3/c1-13(2,3)14-5-4-10(21-14)6-11(14)22-12-19-7-9(8-20-12)15(16,17)18;1-11(2,3)15-10(14)12-7-4-5-8(12)9(13)6-7/h7-8,10-11,21H,4-6H2,1-3H3;7-9,13H,4-6H2,1-3H3. The van der Waals surface area contributed by atoms with Crippen LogP contribution in [0.15, 0.2) is 12.4 Å². The van der Waals surface area contributed by atoms with E-state index < -0.39 is 17.3 Å². The van der Waals surface area contributed by atoms with Gasteiger partial charge in [-0.15, -0.1) is 0 Å². The predicted molar refractivity (Wildman–Crippen MR) is 130 cm³/mol. The molecule has 4 bridgehead atoms. The topological polar surface area (TPSA) is 96.8 Å². The summed E-state index contributed by atoms with van der Waals surface area (Å²) in [6, 6.07) is 0.597. The number of aromatic nitrogens is 2. The zero-order chi connectivity index (χ0) is 27.4. The Morgan fingerprint density at radius 2 is 1.73 bits per heavy atom. The minimum Gasteiger partial charge on any atom is -0.458 e. The molecule has 11 heteroatoms. The van der Waals surface area contributed by atoms with Gasteiger partial charge in [-0.25, -0.2) is 14.8 Å². The minimum atomic E-state index is -4.43. The van der Waals surface area contributed by atoms with Crippen molar-refractivity contribution in [1.82, 2.24) is 20.2 Å². The number of aliphatic hydroxyl groups excluding tert-OH is 1. The Hall–Kier alpha value is -2.14. The summed E-state index contributed by atoms with van der Waals surface area (Å²) in [6.07, 6.45) is 1.92. The second-order valence-electron chi connectivity index (χ2n) is 12.7. The van der Waals surface area contributed by atoms with Crippen LogP contribution in [0.3, 0.4) is 0 Å². The molecule has 4 saturated heterocycles. The first-order chi connectivity index (χ1) is 17.0. The molecule has 0 aliphatic carbocycles. The van der Waals surface area contributed by atoms with Crippen LogP contribution < -0.4 is 10.1 Å². The molecule has 1 amide bonds. The number of halogens is 3. The third-order valence-electron chi connectivity index (χ3n) is 8.05. The quantitative estimate of drug-likeness (QED) is 0.574. The molecule has 5 heterocycles. The molecule has 0 aromatic carbocycles. The number of fused-ring (bicyclic) bond motifs is 4. The van der Waals surface area contributed by atoms with Crippen molar-refractivity contribution >= 4 is 6.09 Å². The summed E-state index contributed by atoms with van der Waals surface area (Å²) in [6.45, 7) is 12.0. The van der Waals surface area contributed by atoms with E-state index >= 15 is 0 Å². The number of carbonyl (C=O) groups excluding carboxylic acids is 1. The summed E-state index contributed by atoms with van der Waals surface area (Å²) < 4.78 is 48.8. The van der Waals surface area contributed by atoms with Crippen LogP contribution in [-0.4, -0.2) is 67.5 Å². The van der Waals surface area contributed by atoms with Crippen molar-refractivity contribution in [1.29, 1.82) is 0 Å². The Balaban J connectivity index is 0.000000186. The second kappa shape index (κ2) is 9.55. The molecule has 2 N–H and O–H groups in total. The van der Waals surface area contributed by atoms with Gasteiger partial charge >= 0.3 is 18.3 Å². The van der Waals surface area contributed by atoms with E-state index in [1.54, 1.807) is 4.90 Å². The lowest BCUT2D eigenvalue weighted by Gasteiger charge is -2.44. The van der Waals surface area contributed by atoms with E-state index in [1.165, 1.54) is 0 Å². The fourth-order valence-corrected chi connectivity index (χ4v) is 6.23. The molecule has 208 valence electrons. The van der Waals surface area contributed by atoms with Crippen LogP contribution in [0.1, 0.15) is 85.6 Å². The van der Waals surface area contributed by atoms with Crippen molar-refractivity contribution in [2.45, 2.75) is 128 Å². The lowest BCUT2D eigenvalue weighted by Crippen LogP contribution is -2.57. The maximum Gasteiger partial charge on any atom is 0.419 e. The van der Waals surface area contributed by atoms with E-state index in [9.17, 15) is 23.1 Å². The van der Waals surface area contributed by atoms with Crippen LogP contribution in [-0.2, 0) is 10.9 Å². The molecule has 1 aromatic rings. The molecule has 6 unspecified atom stereocenters. The highest BCUT2D eigenvalue weighted by Crippen LogP contribution is 2.49. The number of nitrogens with zero attached hydrogens (tertiary/aromatic N) is 3. The lowest BCUT2D eigenvalue weighted by atomic mass is 9.68. The van der Waals surface area contributed by atoms with Crippen molar-refractivity contribution in [3.8, 4) is 6.01 Å². The zero-order valence-electron chi connectivity index (χ0n) is 22.4. The smallest absolute Gasteiger partial charge is 0.419 e. The van der Waals surface area contributed by atoms with Gasteiger partial charge in [-0.3, -0.25) is 4.90 Å². The van der Waals surface area contributed by atoms with Crippen LogP contribution in [0.5, 0.6) is 6.01 Å². The second-order valence-corrected chi connectivity index (χ2v) is 12.7. The van der Waals surface area contributed by atoms with E-state index in [-0.39, 0.29) is 47.3 Å². The van der Waals surface area contributed by atoms with E-state index in [0.717, 1.165) is 44.5 Å². The first-order valence-corrected chi connectivity index (χ1v) is 13.0. The van der Waals surface area contributed by atoms with Crippen LogP contribution in [0.25, 0.3) is 0 Å². The van der Waals surface area contributed by atoms with Crippen LogP contribution in [0.2, 0.25) is 0 Å². The lowest BCUT2D eigenvalue weighted by molar-refractivity contribution is -0.138. The number of ether oxygens (including phenoxy) is 2. The first kappa shape index (κ1) is 27.9. The Labute approximate surface area is 216 Å². The van der Waals surface area contributed by atoms with Gasteiger partial charge in [0.25, 0.3) is 0 Å². The fourth-order valence-electron chi connectivity index (χ4n) is 6.23. The van der Waals surface area contributed by atoms with Crippen molar-refractivity contribution in [2.75, 3.05) is 0 Å². The molecule has 5 rings (SSSR count). The molecule has 0 radical (unpaired) electrons. The number of amides is 1. The molecule has 4 aliphatic heterocycles. The predicted octanol–water partition coefficient (Wildman–Crippen LogP) is 4.70. The van der Waals surface area contributed by atoms with E-state index in [0.29, 0.717) is 12.5 Å². The van der Waals surface area contributed by atoms with Crippen LogP contribution in [0, 0.1) is 5.41 Å². The average Bonchev–Trinajstić information content (AvgIpc) is 3.51. The fraction of sp³-hybridized carbons (Fsp3) is 0.808. The number of nitrogens with one attached hydrogen (secondary N) is 1. The number of carbonyl (C=O) groups is 1. The van der Waals surface area contributed by atoms with E-state index in [2.05, 4.69) is 36.1 Å². The van der Waals surface area contributed by atoms with Gasteiger partial charge in [-0.1, -0.05) is 20.8 Å². The highest BCUT2D eigenvalue weighted by molar-refractivity contribution is 5.70. The third kappa shape index (κ3) is 5.67. The number of alkyl halides is 3. The van der Waals surface area contributed by atoms with Gasteiger partial charge < -0.3 is 19.9 Å². The van der Waals surface area contributed by atoms with Crippen molar-refractivity contribution in [2.24, 2.45) is 5.41 Å². The third-order valence-corrected chi connectivity index (χ3v) is 8.05.